The standard InChI is InChI=1S/C20H24ClN3O/c21-18-6-8-19(9-7-18)24-14-12-23(13-15-24)16-20(25)22-11-10-17-4-2-1-3-5-17/h1-9H,10-16H2,(H,22,25). The van der Waals surface area contributed by atoms with Crippen LogP contribution in [-0.4, -0.2) is 50.1 Å². The summed E-state index contributed by atoms with van der Waals surface area (Å²) in [5, 5.41) is 3.78. The van der Waals surface area contributed by atoms with Crippen LogP contribution in [-0.2, 0) is 11.2 Å². The van der Waals surface area contributed by atoms with Gasteiger partial charge in [0.05, 0.1) is 6.54 Å². The summed E-state index contributed by atoms with van der Waals surface area (Å²) in [6.45, 7) is 4.82. The van der Waals surface area contributed by atoms with Gasteiger partial charge in [-0.15, -0.1) is 0 Å². The lowest BCUT2D eigenvalue weighted by Gasteiger charge is -2.35. The van der Waals surface area contributed by atoms with Crippen molar-refractivity contribution in [3.05, 3.63) is 65.2 Å². The molecule has 25 heavy (non-hydrogen) atoms. The Bertz CT molecular complexity index is 667. The summed E-state index contributed by atoms with van der Waals surface area (Å²) in [6.07, 6.45) is 0.872. The molecule has 2 aromatic carbocycles. The fraction of sp³-hybridized carbons (Fsp3) is 0.350. The molecule has 1 amide bonds. The van der Waals surface area contributed by atoms with Crippen molar-refractivity contribution in [1.29, 1.82) is 0 Å². The molecule has 1 heterocycles. The molecule has 1 aliphatic heterocycles. The van der Waals surface area contributed by atoms with E-state index >= 15 is 0 Å². The number of anilines is 1. The maximum absolute atomic E-state index is 12.1. The first-order valence-corrected chi connectivity index (χ1v) is 9.12. The molecule has 2 aromatic rings. The predicted molar refractivity (Wildman–Crippen MR) is 103 cm³/mol. The predicted octanol–water partition coefficient (Wildman–Crippen LogP) is 2.82. The molecule has 0 radical (unpaired) electrons. The number of hydrogen-bond acceptors (Lipinski definition) is 3. The van der Waals surface area contributed by atoms with Crippen LogP contribution in [0.1, 0.15) is 5.56 Å². The number of halogens is 1. The summed E-state index contributed by atoms with van der Waals surface area (Å²) in [6, 6.07) is 18.2. The lowest BCUT2D eigenvalue weighted by molar-refractivity contribution is -0.122. The van der Waals surface area contributed by atoms with Gasteiger partial charge in [-0.3, -0.25) is 9.69 Å². The molecule has 0 unspecified atom stereocenters. The second-order valence-electron chi connectivity index (χ2n) is 6.33. The van der Waals surface area contributed by atoms with Crippen molar-refractivity contribution < 1.29 is 4.79 Å². The second-order valence-corrected chi connectivity index (χ2v) is 6.76. The molecule has 0 atom stereocenters. The van der Waals surface area contributed by atoms with E-state index in [0.717, 1.165) is 37.6 Å². The Labute approximate surface area is 154 Å². The molecule has 3 rings (SSSR count). The van der Waals surface area contributed by atoms with Crippen molar-refractivity contribution in [1.82, 2.24) is 10.2 Å². The molecular weight excluding hydrogens is 334 g/mol. The van der Waals surface area contributed by atoms with Crippen LogP contribution in [0.15, 0.2) is 54.6 Å². The van der Waals surface area contributed by atoms with Gasteiger partial charge in [0.25, 0.3) is 0 Å². The molecule has 0 bridgehead atoms. The minimum Gasteiger partial charge on any atom is -0.369 e. The number of benzene rings is 2. The lowest BCUT2D eigenvalue weighted by Crippen LogP contribution is -2.49. The molecule has 4 nitrogen and oxygen atoms in total. The van der Waals surface area contributed by atoms with Crippen LogP contribution in [0.2, 0.25) is 5.02 Å². The number of carbonyl (C=O) groups excluding carboxylic acids is 1. The van der Waals surface area contributed by atoms with Gasteiger partial charge in [0.1, 0.15) is 0 Å². The van der Waals surface area contributed by atoms with Crippen LogP contribution in [0.25, 0.3) is 0 Å². The largest absolute Gasteiger partial charge is 0.369 e. The second kappa shape index (κ2) is 8.88. The first kappa shape index (κ1) is 17.8. The van der Waals surface area contributed by atoms with Gasteiger partial charge >= 0.3 is 0 Å². The summed E-state index contributed by atoms with van der Waals surface area (Å²) in [7, 11) is 0. The molecule has 0 aliphatic carbocycles. The minimum atomic E-state index is 0.107. The maximum atomic E-state index is 12.1. The molecule has 1 N–H and O–H groups in total. The highest BCUT2D eigenvalue weighted by Crippen LogP contribution is 2.19. The summed E-state index contributed by atoms with van der Waals surface area (Å²) < 4.78 is 0. The van der Waals surface area contributed by atoms with E-state index in [2.05, 4.69) is 27.2 Å². The molecule has 0 saturated carbocycles. The van der Waals surface area contributed by atoms with Crippen molar-refractivity contribution in [3.63, 3.8) is 0 Å². The fourth-order valence-electron chi connectivity index (χ4n) is 3.07. The molecule has 0 spiro atoms. The Hall–Kier alpha value is -2.04. The number of hydrogen-bond donors (Lipinski definition) is 1. The number of nitrogens with one attached hydrogen (secondary N) is 1. The SMILES string of the molecule is O=C(CN1CCN(c2ccc(Cl)cc2)CC1)NCCc1ccccc1. The first-order valence-electron chi connectivity index (χ1n) is 8.74. The van der Waals surface area contributed by atoms with Gasteiger partial charge in [-0.1, -0.05) is 41.9 Å². The molecule has 1 aliphatic rings. The van der Waals surface area contributed by atoms with Gasteiger partial charge in [-0.2, -0.15) is 0 Å². The number of carbonyl (C=O) groups is 1. The average Bonchev–Trinajstić information content (AvgIpc) is 2.64. The molecule has 1 fully saturated rings. The van der Waals surface area contributed by atoms with Gasteiger partial charge in [0, 0.05) is 43.4 Å². The third-order valence-electron chi connectivity index (χ3n) is 4.51. The zero-order valence-corrected chi connectivity index (χ0v) is 15.1. The third kappa shape index (κ3) is 5.48. The maximum Gasteiger partial charge on any atom is 0.234 e. The molecule has 0 aromatic heterocycles. The minimum absolute atomic E-state index is 0.107. The van der Waals surface area contributed by atoms with Crippen LogP contribution in [0, 0.1) is 0 Å². The fourth-order valence-corrected chi connectivity index (χ4v) is 3.19. The average molecular weight is 358 g/mol. The van der Waals surface area contributed by atoms with E-state index in [1.807, 2.05) is 42.5 Å². The highest BCUT2D eigenvalue weighted by atomic mass is 35.5. The van der Waals surface area contributed by atoms with Gasteiger partial charge in [-0.25, -0.2) is 0 Å². The van der Waals surface area contributed by atoms with E-state index in [0.29, 0.717) is 13.1 Å². The number of amides is 1. The Morgan fingerprint density at radius 3 is 2.32 bits per heavy atom. The van der Waals surface area contributed by atoms with Crippen LogP contribution in [0.5, 0.6) is 0 Å². The summed E-state index contributed by atoms with van der Waals surface area (Å²) in [5.41, 5.74) is 2.44. The monoisotopic (exact) mass is 357 g/mol. The zero-order valence-electron chi connectivity index (χ0n) is 14.3. The topological polar surface area (TPSA) is 35.6 Å². The molecule has 5 heteroatoms. The van der Waals surface area contributed by atoms with Gasteiger partial charge in [0.2, 0.25) is 5.91 Å². The van der Waals surface area contributed by atoms with Crippen LogP contribution >= 0.6 is 11.6 Å². The Morgan fingerprint density at radius 2 is 1.64 bits per heavy atom. The van der Waals surface area contributed by atoms with E-state index in [-0.39, 0.29) is 5.91 Å². The smallest absolute Gasteiger partial charge is 0.234 e. The number of rotatable bonds is 6. The summed E-state index contributed by atoms with van der Waals surface area (Å²) >= 11 is 5.94. The van der Waals surface area contributed by atoms with Gasteiger partial charge < -0.3 is 10.2 Å². The highest BCUT2D eigenvalue weighted by Gasteiger charge is 2.19. The molecular formula is C20H24ClN3O. The third-order valence-corrected chi connectivity index (χ3v) is 4.76. The van der Waals surface area contributed by atoms with E-state index in [1.54, 1.807) is 0 Å². The van der Waals surface area contributed by atoms with E-state index < -0.39 is 0 Å². The van der Waals surface area contributed by atoms with Crippen LogP contribution < -0.4 is 10.2 Å². The zero-order chi connectivity index (χ0) is 17.5. The summed E-state index contributed by atoms with van der Waals surface area (Å²) in [5.74, 6) is 0.107. The Kier molecular flexibility index (Phi) is 6.31. The Morgan fingerprint density at radius 1 is 0.960 bits per heavy atom. The van der Waals surface area contributed by atoms with Crippen LogP contribution in [0.3, 0.4) is 0 Å². The summed E-state index contributed by atoms with van der Waals surface area (Å²) in [4.78, 5) is 16.7. The first-order chi connectivity index (χ1) is 12.2. The molecule has 132 valence electrons. The van der Waals surface area contributed by atoms with Crippen molar-refractivity contribution in [2.75, 3.05) is 44.2 Å². The number of piperazine rings is 1. The van der Waals surface area contributed by atoms with Gasteiger partial charge in [0.15, 0.2) is 0 Å². The van der Waals surface area contributed by atoms with Gasteiger partial charge in [-0.05, 0) is 36.2 Å². The lowest BCUT2D eigenvalue weighted by atomic mass is 10.1. The highest BCUT2D eigenvalue weighted by molar-refractivity contribution is 6.30. The Balaban J connectivity index is 1.37. The van der Waals surface area contributed by atoms with Crippen LogP contribution in [0.4, 0.5) is 5.69 Å². The van der Waals surface area contributed by atoms with Crippen molar-refractivity contribution >= 4 is 23.2 Å². The van der Waals surface area contributed by atoms with E-state index in [1.165, 1.54) is 11.3 Å². The van der Waals surface area contributed by atoms with Crippen molar-refractivity contribution in [3.8, 4) is 0 Å². The normalized spacial score (nSPS) is 15.2. The number of nitrogens with zero attached hydrogens (tertiary/aromatic N) is 2. The molecule has 1 saturated heterocycles. The quantitative estimate of drug-likeness (QED) is 0.863. The van der Waals surface area contributed by atoms with E-state index in [9.17, 15) is 4.79 Å². The van der Waals surface area contributed by atoms with Crippen molar-refractivity contribution in [2.24, 2.45) is 0 Å². The van der Waals surface area contributed by atoms with E-state index in [4.69, 9.17) is 11.6 Å². The van der Waals surface area contributed by atoms with Crippen molar-refractivity contribution in [2.45, 2.75) is 6.42 Å².